The lowest BCUT2D eigenvalue weighted by Gasteiger charge is -2.06. The zero-order chi connectivity index (χ0) is 7.65. The third kappa shape index (κ3) is 3.75. The van der Waals surface area contributed by atoms with Crippen molar-refractivity contribution < 1.29 is 4.79 Å². The van der Waals surface area contributed by atoms with E-state index in [1.54, 1.807) is 0 Å². The summed E-state index contributed by atoms with van der Waals surface area (Å²) in [6.45, 7) is 3.34. The van der Waals surface area contributed by atoms with Crippen LogP contribution in [0.4, 0.5) is 0 Å². The molecule has 0 aromatic heterocycles. The minimum Gasteiger partial charge on any atom is -0.290 e. The second kappa shape index (κ2) is 3.51. The van der Waals surface area contributed by atoms with Gasteiger partial charge in [0, 0.05) is 0 Å². The molecule has 0 radical (unpaired) electrons. The first kappa shape index (κ1) is 10.1. The molecule has 0 unspecified atom stereocenters. The highest BCUT2D eigenvalue weighted by atomic mass is 79.9. The lowest BCUT2D eigenvalue weighted by Crippen LogP contribution is -2.16. The predicted molar refractivity (Wildman–Crippen MR) is 49.5 cm³/mol. The van der Waals surface area contributed by atoms with Gasteiger partial charge in [0.25, 0.3) is 0 Å². The number of carbonyl (C=O) groups is 1. The number of Topliss-reactive ketones (excluding diaryl/α,β-unsaturated/α-hetero) is 1. The highest BCUT2D eigenvalue weighted by Gasteiger charge is 2.29. The van der Waals surface area contributed by atoms with Crippen molar-refractivity contribution in [3.8, 4) is 0 Å². The number of hydrogen-bond donors (Lipinski definition) is 0. The Hall–Kier alpha value is 1.14. The summed E-state index contributed by atoms with van der Waals surface area (Å²) >= 11 is 14.1. The Morgan fingerprint density at radius 1 is 1.56 bits per heavy atom. The van der Waals surface area contributed by atoms with Crippen molar-refractivity contribution in [3.63, 3.8) is 0 Å². The van der Waals surface area contributed by atoms with E-state index >= 15 is 0 Å². The van der Waals surface area contributed by atoms with Gasteiger partial charge in [0.05, 0.1) is 4.48 Å². The van der Waals surface area contributed by atoms with Gasteiger partial charge in [-0.15, -0.1) is 0 Å². The zero-order valence-corrected chi connectivity index (χ0v) is 9.64. The maximum absolute atomic E-state index is 10.8. The third-order valence-corrected chi connectivity index (χ3v) is 1.76. The van der Waals surface area contributed by atoms with Crippen molar-refractivity contribution in [1.29, 1.82) is 0 Å². The monoisotopic (exact) mass is 338 g/mol. The quantitative estimate of drug-likeness (QED) is 0.557. The summed E-state index contributed by atoms with van der Waals surface area (Å²) in [5.41, 5.74) is 0. The molecule has 0 rings (SSSR count). The van der Waals surface area contributed by atoms with Gasteiger partial charge in [-0.05, 0) is 47.8 Å². The number of halogens is 4. The van der Waals surface area contributed by atoms with Crippen LogP contribution in [0.2, 0.25) is 0 Å². The van der Waals surface area contributed by atoms with E-state index in [1.165, 1.54) is 0 Å². The molecular formula is C4H2Br3ClO. The molecule has 0 atom stereocenters. The molecule has 0 fully saturated rings. The zero-order valence-electron chi connectivity index (χ0n) is 4.13. The van der Waals surface area contributed by atoms with Gasteiger partial charge >= 0.3 is 0 Å². The molecule has 0 aromatic carbocycles. The highest BCUT2D eigenvalue weighted by molar-refractivity contribution is 9.26. The molecule has 0 spiro atoms. The maximum atomic E-state index is 10.8. The van der Waals surface area contributed by atoms with Crippen LogP contribution >= 0.6 is 59.4 Å². The SMILES string of the molecule is C=C(Br)C(=O)C(Cl)(Br)Br. The lowest BCUT2D eigenvalue weighted by molar-refractivity contribution is -0.113. The Morgan fingerprint density at radius 2 is 1.89 bits per heavy atom. The van der Waals surface area contributed by atoms with Gasteiger partial charge in [-0.3, -0.25) is 4.79 Å². The van der Waals surface area contributed by atoms with Crippen molar-refractivity contribution >= 4 is 65.2 Å². The summed E-state index contributed by atoms with van der Waals surface area (Å²) in [7, 11) is 0. The Balaban J connectivity index is 4.23. The second-order valence-electron chi connectivity index (χ2n) is 1.23. The smallest absolute Gasteiger partial charge is 0.216 e. The van der Waals surface area contributed by atoms with Gasteiger partial charge in [0.2, 0.25) is 8.48 Å². The van der Waals surface area contributed by atoms with Crippen LogP contribution in [-0.2, 0) is 4.79 Å². The molecule has 0 saturated carbocycles. The Labute approximate surface area is 83.2 Å². The summed E-state index contributed by atoms with van der Waals surface area (Å²) in [6, 6.07) is 0. The standard InChI is InChI=1S/C4H2Br3ClO/c1-2(5)3(9)4(6,7)8/h1H2. The molecule has 0 aliphatic heterocycles. The number of rotatable bonds is 2. The molecule has 0 saturated heterocycles. The molecule has 5 heteroatoms. The molecule has 0 bridgehead atoms. The van der Waals surface area contributed by atoms with Crippen LogP contribution in [0.25, 0.3) is 0 Å². The molecule has 0 N–H and O–H groups in total. The van der Waals surface area contributed by atoms with Crippen LogP contribution in [0.1, 0.15) is 0 Å². The van der Waals surface area contributed by atoms with Gasteiger partial charge in [-0.2, -0.15) is 0 Å². The predicted octanol–water partition coefficient (Wildman–Crippen LogP) is 3.15. The first-order valence-corrected chi connectivity index (χ1v) is 4.57. The number of allylic oxidation sites excluding steroid dienone is 1. The topological polar surface area (TPSA) is 17.1 Å². The summed E-state index contributed by atoms with van der Waals surface area (Å²) in [4.78, 5) is 10.8. The molecule has 0 aliphatic rings. The summed E-state index contributed by atoms with van der Waals surface area (Å²) in [5.74, 6) is -0.343. The van der Waals surface area contributed by atoms with Gasteiger partial charge in [0.1, 0.15) is 0 Å². The highest BCUT2D eigenvalue weighted by Crippen LogP contribution is 2.35. The van der Waals surface area contributed by atoms with Gasteiger partial charge < -0.3 is 0 Å². The van der Waals surface area contributed by atoms with E-state index < -0.39 is 2.69 Å². The minimum atomic E-state index is -1.21. The van der Waals surface area contributed by atoms with Gasteiger partial charge in [-0.1, -0.05) is 18.2 Å². The van der Waals surface area contributed by atoms with Crippen LogP contribution < -0.4 is 0 Å². The molecule has 52 valence electrons. The Bertz CT molecular complexity index is 148. The van der Waals surface area contributed by atoms with Crippen LogP contribution in [0.15, 0.2) is 11.1 Å². The molecule has 9 heavy (non-hydrogen) atoms. The van der Waals surface area contributed by atoms with Gasteiger partial charge in [-0.25, -0.2) is 0 Å². The Kier molecular flexibility index (Phi) is 3.95. The van der Waals surface area contributed by atoms with E-state index in [2.05, 4.69) is 54.4 Å². The van der Waals surface area contributed by atoms with Crippen LogP contribution in [0.3, 0.4) is 0 Å². The lowest BCUT2D eigenvalue weighted by atomic mass is 10.4. The Morgan fingerprint density at radius 3 is 1.89 bits per heavy atom. The largest absolute Gasteiger partial charge is 0.290 e. The first-order valence-electron chi connectivity index (χ1n) is 1.81. The van der Waals surface area contributed by atoms with E-state index in [0.717, 1.165) is 0 Å². The third-order valence-electron chi connectivity index (χ3n) is 0.504. The van der Waals surface area contributed by atoms with Crippen molar-refractivity contribution in [3.05, 3.63) is 11.1 Å². The van der Waals surface area contributed by atoms with Crippen LogP contribution in [-0.4, -0.2) is 8.48 Å². The van der Waals surface area contributed by atoms with E-state index in [-0.39, 0.29) is 10.3 Å². The number of hydrogen-bond acceptors (Lipinski definition) is 1. The molecule has 0 aromatic rings. The molecule has 0 heterocycles. The molecule has 0 aliphatic carbocycles. The average molecular weight is 341 g/mol. The molecule has 0 amide bonds. The van der Waals surface area contributed by atoms with Crippen molar-refractivity contribution in [1.82, 2.24) is 0 Å². The molecule has 1 nitrogen and oxygen atoms in total. The van der Waals surface area contributed by atoms with Crippen molar-refractivity contribution in [2.75, 3.05) is 0 Å². The van der Waals surface area contributed by atoms with Gasteiger partial charge in [0.15, 0.2) is 0 Å². The normalized spacial score (nSPS) is 11.1. The van der Waals surface area contributed by atoms with Crippen molar-refractivity contribution in [2.24, 2.45) is 0 Å². The van der Waals surface area contributed by atoms with Crippen LogP contribution in [0, 0.1) is 0 Å². The van der Waals surface area contributed by atoms with E-state index in [1.807, 2.05) is 0 Å². The maximum Gasteiger partial charge on any atom is 0.216 e. The minimum absolute atomic E-state index is 0.228. The first-order chi connectivity index (χ1) is 3.85. The summed E-state index contributed by atoms with van der Waals surface area (Å²) in [5, 5.41) is 0. The fourth-order valence-corrected chi connectivity index (χ4v) is 1.69. The number of carbonyl (C=O) groups excluding carboxylic acids is 1. The van der Waals surface area contributed by atoms with E-state index in [4.69, 9.17) is 11.6 Å². The average Bonchev–Trinajstić information content (AvgIpc) is 1.62. The number of ketones is 1. The van der Waals surface area contributed by atoms with Crippen LogP contribution in [0.5, 0.6) is 0 Å². The summed E-state index contributed by atoms with van der Waals surface area (Å²) < 4.78 is -0.980. The fraction of sp³-hybridized carbons (Fsp3) is 0.250. The fourth-order valence-electron chi connectivity index (χ4n) is 0.154. The number of alkyl halides is 3. The summed E-state index contributed by atoms with van der Waals surface area (Å²) in [6.07, 6.45) is 0. The molecular weight excluding hydrogens is 339 g/mol. The van der Waals surface area contributed by atoms with E-state index in [0.29, 0.717) is 0 Å². The van der Waals surface area contributed by atoms with E-state index in [9.17, 15) is 4.79 Å². The van der Waals surface area contributed by atoms with Crippen molar-refractivity contribution in [2.45, 2.75) is 2.69 Å². The second-order valence-corrected chi connectivity index (χ2v) is 7.11.